The minimum atomic E-state index is 0.754. The lowest BCUT2D eigenvalue weighted by Crippen LogP contribution is -2.21. The zero-order chi connectivity index (χ0) is 12.7. The van der Waals surface area contributed by atoms with E-state index in [-0.39, 0.29) is 0 Å². The van der Waals surface area contributed by atoms with E-state index in [9.17, 15) is 0 Å². The highest BCUT2D eigenvalue weighted by Gasteiger charge is 2.07. The van der Waals surface area contributed by atoms with E-state index in [1.54, 1.807) is 14.2 Å². The maximum absolute atomic E-state index is 5.48. The number of rotatable bonds is 7. The largest absolute Gasteiger partial charge is 0.496 e. The zero-order valence-electron chi connectivity index (χ0n) is 11.3. The van der Waals surface area contributed by atoms with Gasteiger partial charge in [0, 0.05) is 13.7 Å². The summed E-state index contributed by atoms with van der Waals surface area (Å²) in [6.45, 7) is 6.81. The number of aryl methyl sites for hydroxylation is 1. The minimum Gasteiger partial charge on any atom is -0.496 e. The zero-order valence-corrected chi connectivity index (χ0v) is 11.3. The molecule has 3 nitrogen and oxygen atoms in total. The lowest BCUT2D eigenvalue weighted by atomic mass is 10.0. The Morgan fingerprint density at radius 3 is 2.53 bits per heavy atom. The van der Waals surface area contributed by atoms with E-state index in [0.29, 0.717) is 0 Å². The molecule has 17 heavy (non-hydrogen) atoms. The highest BCUT2D eigenvalue weighted by molar-refractivity contribution is 5.45. The lowest BCUT2D eigenvalue weighted by Gasteiger charge is -2.13. The van der Waals surface area contributed by atoms with Crippen molar-refractivity contribution < 1.29 is 9.47 Å². The molecule has 1 N–H and O–H groups in total. The molecule has 3 heteroatoms. The summed E-state index contributed by atoms with van der Waals surface area (Å²) in [5.41, 5.74) is 3.78. The number of hydrogen-bond donors (Lipinski definition) is 1. The Hall–Kier alpha value is -1.06. The van der Waals surface area contributed by atoms with E-state index in [2.05, 4.69) is 31.3 Å². The molecule has 0 saturated carbocycles. The first-order valence-corrected chi connectivity index (χ1v) is 6.03. The lowest BCUT2D eigenvalue weighted by molar-refractivity contribution is 0.199. The van der Waals surface area contributed by atoms with Crippen molar-refractivity contribution in [1.29, 1.82) is 0 Å². The molecule has 0 amide bonds. The quantitative estimate of drug-likeness (QED) is 0.737. The predicted molar refractivity (Wildman–Crippen MR) is 70.9 cm³/mol. The van der Waals surface area contributed by atoms with Crippen molar-refractivity contribution in [2.45, 2.75) is 20.3 Å². The van der Waals surface area contributed by atoms with Crippen LogP contribution in [0.2, 0.25) is 0 Å². The van der Waals surface area contributed by atoms with Crippen molar-refractivity contribution in [2.24, 2.45) is 0 Å². The van der Waals surface area contributed by atoms with Gasteiger partial charge in [-0.05, 0) is 43.5 Å². The van der Waals surface area contributed by atoms with Crippen LogP contribution in [-0.4, -0.2) is 33.9 Å². The average Bonchev–Trinajstić information content (AvgIpc) is 2.33. The average molecular weight is 237 g/mol. The van der Waals surface area contributed by atoms with Gasteiger partial charge in [0.05, 0.1) is 13.7 Å². The molecule has 0 aliphatic carbocycles. The molecule has 0 saturated heterocycles. The predicted octanol–water partition coefficient (Wildman–Crippen LogP) is 2.09. The summed E-state index contributed by atoms with van der Waals surface area (Å²) >= 11 is 0. The smallest absolute Gasteiger partial charge is 0.125 e. The molecule has 1 aromatic carbocycles. The van der Waals surface area contributed by atoms with Crippen molar-refractivity contribution >= 4 is 0 Å². The topological polar surface area (TPSA) is 30.5 Å². The number of nitrogens with one attached hydrogen (secondary N) is 1. The summed E-state index contributed by atoms with van der Waals surface area (Å²) in [4.78, 5) is 0. The molecule has 0 bridgehead atoms. The van der Waals surface area contributed by atoms with Crippen LogP contribution in [-0.2, 0) is 11.2 Å². The van der Waals surface area contributed by atoms with Crippen LogP contribution < -0.4 is 10.1 Å². The van der Waals surface area contributed by atoms with Crippen LogP contribution >= 0.6 is 0 Å². The molecule has 0 atom stereocenters. The summed E-state index contributed by atoms with van der Waals surface area (Å²) in [6, 6.07) is 4.31. The summed E-state index contributed by atoms with van der Waals surface area (Å²) in [5.74, 6) is 1.03. The third-order valence-corrected chi connectivity index (χ3v) is 3.02. The van der Waals surface area contributed by atoms with Crippen LogP contribution in [0.25, 0.3) is 0 Å². The molecule has 1 rings (SSSR count). The fourth-order valence-electron chi connectivity index (χ4n) is 1.85. The fraction of sp³-hybridized carbons (Fsp3) is 0.571. The third-order valence-electron chi connectivity index (χ3n) is 3.02. The Morgan fingerprint density at radius 2 is 1.88 bits per heavy atom. The second kappa shape index (κ2) is 7.30. The van der Waals surface area contributed by atoms with Crippen molar-refractivity contribution in [3.8, 4) is 5.75 Å². The second-order valence-corrected chi connectivity index (χ2v) is 4.19. The Bertz CT molecular complexity index is 350. The van der Waals surface area contributed by atoms with Crippen LogP contribution in [0.15, 0.2) is 12.1 Å². The monoisotopic (exact) mass is 237 g/mol. The molecule has 0 fully saturated rings. The van der Waals surface area contributed by atoms with Gasteiger partial charge in [-0.2, -0.15) is 0 Å². The molecule has 0 heterocycles. The van der Waals surface area contributed by atoms with Crippen LogP contribution in [0.4, 0.5) is 0 Å². The summed E-state index contributed by atoms with van der Waals surface area (Å²) in [7, 11) is 3.46. The van der Waals surface area contributed by atoms with E-state index in [0.717, 1.165) is 31.9 Å². The van der Waals surface area contributed by atoms with Gasteiger partial charge in [0.25, 0.3) is 0 Å². The van der Waals surface area contributed by atoms with Crippen molar-refractivity contribution in [1.82, 2.24) is 5.32 Å². The SMILES string of the molecule is COCCNCCc1ccc(C)c(C)c1OC. The Balaban J connectivity index is 2.56. The van der Waals surface area contributed by atoms with Crippen LogP contribution in [0.1, 0.15) is 16.7 Å². The molecular formula is C14H23NO2. The Kier molecular flexibility index (Phi) is 6.01. The van der Waals surface area contributed by atoms with Gasteiger partial charge in [-0.1, -0.05) is 12.1 Å². The molecule has 0 aromatic heterocycles. The molecule has 0 aliphatic heterocycles. The maximum atomic E-state index is 5.48. The molecule has 0 unspecified atom stereocenters. The standard InChI is InChI=1S/C14H23NO2/c1-11-5-6-13(14(17-4)12(11)2)7-8-15-9-10-16-3/h5-6,15H,7-10H2,1-4H3. The molecule has 0 spiro atoms. The van der Waals surface area contributed by atoms with E-state index in [1.807, 2.05) is 0 Å². The number of benzene rings is 1. The van der Waals surface area contributed by atoms with E-state index < -0.39 is 0 Å². The summed E-state index contributed by atoms with van der Waals surface area (Å²) in [5, 5.41) is 3.34. The van der Waals surface area contributed by atoms with E-state index >= 15 is 0 Å². The first-order valence-electron chi connectivity index (χ1n) is 6.03. The highest BCUT2D eigenvalue weighted by Crippen LogP contribution is 2.26. The van der Waals surface area contributed by atoms with Gasteiger partial charge in [0.1, 0.15) is 5.75 Å². The maximum Gasteiger partial charge on any atom is 0.125 e. The first-order chi connectivity index (χ1) is 8.20. The molecule has 96 valence electrons. The molecule has 0 radical (unpaired) electrons. The van der Waals surface area contributed by atoms with Crippen molar-refractivity contribution in [3.05, 3.63) is 28.8 Å². The van der Waals surface area contributed by atoms with Gasteiger partial charge in [-0.3, -0.25) is 0 Å². The Morgan fingerprint density at radius 1 is 1.12 bits per heavy atom. The summed E-state index contributed by atoms with van der Waals surface area (Å²) in [6.07, 6.45) is 0.980. The molecular weight excluding hydrogens is 214 g/mol. The van der Waals surface area contributed by atoms with Gasteiger partial charge < -0.3 is 14.8 Å². The molecule has 1 aromatic rings. The molecule has 0 aliphatic rings. The summed E-state index contributed by atoms with van der Waals surface area (Å²) < 4.78 is 10.5. The van der Waals surface area contributed by atoms with Gasteiger partial charge in [0.15, 0.2) is 0 Å². The number of hydrogen-bond acceptors (Lipinski definition) is 3. The van der Waals surface area contributed by atoms with Crippen LogP contribution in [0.3, 0.4) is 0 Å². The van der Waals surface area contributed by atoms with Gasteiger partial charge in [-0.15, -0.1) is 0 Å². The fourth-order valence-corrected chi connectivity index (χ4v) is 1.85. The number of ether oxygens (including phenoxy) is 2. The van der Waals surface area contributed by atoms with Gasteiger partial charge >= 0.3 is 0 Å². The van der Waals surface area contributed by atoms with Crippen molar-refractivity contribution in [2.75, 3.05) is 33.9 Å². The van der Waals surface area contributed by atoms with Gasteiger partial charge in [-0.25, -0.2) is 0 Å². The highest BCUT2D eigenvalue weighted by atomic mass is 16.5. The van der Waals surface area contributed by atoms with E-state index in [4.69, 9.17) is 9.47 Å². The van der Waals surface area contributed by atoms with Crippen LogP contribution in [0.5, 0.6) is 5.75 Å². The van der Waals surface area contributed by atoms with E-state index in [1.165, 1.54) is 16.7 Å². The minimum absolute atomic E-state index is 0.754. The third kappa shape index (κ3) is 4.02. The first kappa shape index (κ1) is 14.0. The normalized spacial score (nSPS) is 10.6. The Labute approximate surface area is 104 Å². The van der Waals surface area contributed by atoms with Crippen molar-refractivity contribution in [3.63, 3.8) is 0 Å². The van der Waals surface area contributed by atoms with Crippen LogP contribution in [0, 0.1) is 13.8 Å². The second-order valence-electron chi connectivity index (χ2n) is 4.19. The number of methoxy groups -OCH3 is 2. The van der Waals surface area contributed by atoms with Gasteiger partial charge in [0.2, 0.25) is 0 Å².